The number of hydrogen-bond acceptors (Lipinski definition) is 6. The molecule has 0 aliphatic rings. The van der Waals surface area contributed by atoms with E-state index >= 15 is 0 Å². The normalized spacial score (nSPS) is 10.7. The van der Waals surface area contributed by atoms with Gasteiger partial charge in [-0.1, -0.05) is 22.8 Å². The van der Waals surface area contributed by atoms with Crippen LogP contribution in [0.15, 0.2) is 34.2 Å². The lowest BCUT2D eigenvalue weighted by molar-refractivity contribution is 0.406. The Balaban J connectivity index is 2.07. The van der Waals surface area contributed by atoms with Crippen LogP contribution in [0.4, 0.5) is 5.69 Å². The van der Waals surface area contributed by atoms with E-state index in [4.69, 9.17) is 26.6 Å². The number of methoxy groups -OCH3 is 1. The molecule has 3 aromatic rings. The van der Waals surface area contributed by atoms with Gasteiger partial charge in [-0.2, -0.15) is 4.98 Å². The van der Waals surface area contributed by atoms with Crippen LogP contribution in [0.1, 0.15) is 0 Å². The molecule has 0 atom stereocenters. The first-order chi connectivity index (χ1) is 9.69. The molecule has 0 saturated heterocycles. The lowest BCUT2D eigenvalue weighted by atomic mass is 10.2. The third-order valence-electron chi connectivity index (χ3n) is 2.72. The number of benzene rings is 1. The van der Waals surface area contributed by atoms with Crippen LogP contribution in [0, 0.1) is 0 Å². The van der Waals surface area contributed by atoms with E-state index in [0.29, 0.717) is 33.7 Å². The molecule has 102 valence electrons. The van der Waals surface area contributed by atoms with Gasteiger partial charge in [0.25, 0.3) is 5.89 Å². The summed E-state index contributed by atoms with van der Waals surface area (Å²) in [4.78, 5) is 5.29. The standard InChI is InChI=1S/C13H10ClN3O2S/c1-18-10-6-9(15)8(14)5-7(10)13-16-12(17-19-13)11-3-2-4-20-11/h2-6H,15H2,1H3. The highest BCUT2D eigenvalue weighted by Crippen LogP contribution is 2.36. The second-order valence-corrected chi connectivity index (χ2v) is 5.33. The lowest BCUT2D eigenvalue weighted by Gasteiger charge is -2.07. The van der Waals surface area contributed by atoms with Crippen LogP contribution in [0.5, 0.6) is 5.75 Å². The number of nitrogens with two attached hydrogens (primary N) is 1. The molecule has 0 unspecified atom stereocenters. The number of rotatable bonds is 3. The Bertz CT molecular complexity index is 740. The van der Waals surface area contributed by atoms with Crippen LogP contribution in [-0.2, 0) is 0 Å². The van der Waals surface area contributed by atoms with E-state index in [9.17, 15) is 0 Å². The highest BCUT2D eigenvalue weighted by atomic mass is 35.5. The quantitative estimate of drug-likeness (QED) is 0.747. The molecule has 1 aromatic carbocycles. The van der Waals surface area contributed by atoms with Crippen LogP contribution >= 0.6 is 22.9 Å². The van der Waals surface area contributed by atoms with E-state index in [-0.39, 0.29) is 0 Å². The third kappa shape index (κ3) is 2.23. The molecule has 5 nitrogen and oxygen atoms in total. The van der Waals surface area contributed by atoms with Crippen LogP contribution in [0.25, 0.3) is 22.2 Å². The minimum Gasteiger partial charge on any atom is -0.496 e. The van der Waals surface area contributed by atoms with Gasteiger partial charge in [-0.15, -0.1) is 11.3 Å². The van der Waals surface area contributed by atoms with Gasteiger partial charge in [-0.05, 0) is 17.5 Å². The van der Waals surface area contributed by atoms with Crippen LogP contribution in [0.3, 0.4) is 0 Å². The first-order valence-corrected chi connectivity index (χ1v) is 6.96. The Labute approximate surface area is 123 Å². The van der Waals surface area contributed by atoms with Crippen LogP contribution in [0.2, 0.25) is 5.02 Å². The van der Waals surface area contributed by atoms with Crippen molar-refractivity contribution in [3.05, 3.63) is 34.7 Å². The van der Waals surface area contributed by atoms with Crippen LogP contribution < -0.4 is 10.5 Å². The summed E-state index contributed by atoms with van der Waals surface area (Å²) in [5, 5.41) is 6.32. The monoisotopic (exact) mass is 307 g/mol. The van der Waals surface area contributed by atoms with Crippen molar-refractivity contribution in [3.63, 3.8) is 0 Å². The van der Waals surface area contributed by atoms with E-state index in [1.165, 1.54) is 11.3 Å². The van der Waals surface area contributed by atoms with Gasteiger partial charge < -0.3 is 15.0 Å². The summed E-state index contributed by atoms with van der Waals surface area (Å²) in [6.45, 7) is 0. The fraction of sp³-hybridized carbons (Fsp3) is 0.0769. The number of nitrogens with zero attached hydrogens (tertiary/aromatic N) is 2. The highest BCUT2D eigenvalue weighted by molar-refractivity contribution is 7.13. The molecule has 2 aromatic heterocycles. The van der Waals surface area contributed by atoms with Crippen molar-refractivity contribution in [2.45, 2.75) is 0 Å². The maximum Gasteiger partial charge on any atom is 0.262 e. The van der Waals surface area contributed by atoms with E-state index in [1.807, 2.05) is 17.5 Å². The van der Waals surface area contributed by atoms with E-state index < -0.39 is 0 Å². The van der Waals surface area contributed by atoms with Gasteiger partial charge in [0.1, 0.15) is 5.75 Å². The maximum atomic E-state index is 6.03. The second kappa shape index (κ2) is 5.15. The fourth-order valence-electron chi connectivity index (χ4n) is 1.74. The Morgan fingerprint density at radius 3 is 2.95 bits per heavy atom. The van der Waals surface area contributed by atoms with Gasteiger partial charge in [0, 0.05) is 6.07 Å². The molecule has 3 rings (SSSR count). The van der Waals surface area contributed by atoms with Crippen molar-refractivity contribution in [1.29, 1.82) is 0 Å². The van der Waals surface area contributed by atoms with Crippen molar-refractivity contribution in [1.82, 2.24) is 10.1 Å². The summed E-state index contributed by atoms with van der Waals surface area (Å²) in [5.74, 6) is 1.41. The van der Waals surface area contributed by atoms with Crippen molar-refractivity contribution in [2.75, 3.05) is 12.8 Å². The Morgan fingerprint density at radius 2 is 2.25 bits per heavy atom. The number of hydrogen-bond donors (Lipinski definition) is 1. The highest BCUT2D eigenvalue weighted by Gasteiger charge is 2.17. The molecule has 20 heavy (non-hydrogen) atoms. The SMILES string of the molecule is COc1cc(N)c(Cl)cc1-c1nc(-c2cccs2)no1. The summed E-state index contributed by atoms with van der Waals surface area (Å²) >= 11 is 7.57. The van der Waals surface area contributed by atoms with Crippen molar-refractivity contribution in [2.24, 2.45) is 0 Å². The summed E-state index contributed by atoms with van der Waals surface area (Å²) in [6.07, 6.45) is 0. The molecule has 0 amide bonds. The molecule has 0 aliphatic carbocycles. The Hall–Kier alpha value is -2.05. The lowest BCUT2D eigenvalue weighted by Crippen LogP contribution is -1.93. The Kier molecular flexibility index (Phi) is 3.33. The molecular weight excluding hydrogens is 298 g/mol. The summed E-state index contributed by atoms with van der Waals surface area (Å²) in [7, 11) is 1.54. The smallest absolute Gasteiger partial charge is 0.262 e. The van der Waals surface area contributed by atoms with Gasteiger partial charge in [0.05, 0.1) is 28.3 Å². The molecule has 2 N–H and O–H groups in total. The molecule has 0 saturated carbocycles. The summed E-state index contributed by atoms with van der Waals surface area (Å²) in [6, 6.07) is 7.14. The maximum absolute atomic E-state index is 6.03. The zero-order valence-corrected chi connectivity index (χ0v) is 12.0. The van der Waals surface area contributed by atoms with Crippen molar-refractivity contribution < 1.29 is 9.26 Å². The molecule has 2 heterocycles. The Morgan fingerprint density at radius 1 is 1.40 bits per heavy atom. The fourth-order valence-corrected chi connectivity index (χ4v) is 2.56. The molecular formula is C13H10ClN3O2S. The van der Waals surface area contributed by atoms with Crippen LogP contribution in [-0.4, -0.2) is 17.3 Å². The predicted octanol–water partition coefficient (Wildman–Crippen LogP) is 3.71. The molecule has 0 aliphatic heterocycles. The average Bonchev–Trinajstić information content (AvgIpc) is 3.10. The summed E-state index contributed by atoms with van der Waals surface area (Å²) < 4.78 is 10.5. The number of nitrogen functional groups attached to an aromatic ring is 1. The third-order valence-corrected chi connectivity index (χ3v) is 3.91. The minimum absolute atomic E-state index is 0.340. The van der Waals surface area contributed by atoms with Crippen molar-refractivity contribution >= 4 is 28.6 Å². The first kappa shape index (κ1) is 13.0. The van der Waals surface area contributed by atoms with E-state index in [2.05, 4.69) is 10.1 Å². The van der Waals surface area contributed by atoms with E-state index in [0.717, 1.165) is 4.88 Å². The number of thiophene rings is 1. The number of ether oxygens (including phenoxy) is 1. The first-order valence-electron chi connectivity index (χ1n) is 5.70. The minimum atomic E-state index is 0.340. The van der Waals surface area contributed by atoms with E-state index in [1.54, 1.807) is 19.2 Å². The van der Waals surface area contributed by atoms with Gasteiger partial charge >= 0.3 is 0 Å². The molecule has 7 heteroatoms. The van der Waals surface area contributed by atoms with Gasteiger partial charge in [-0.3, -0.25) is 0 Å². The van der Waals surface area contributed by atoms with Gasteiger partial charge in [0.2, 0.25) is 5.82 Å². The summed E-state index contributed by atoms with van der Waals surface area (Å²) in [5.41, 5.74) is 6.80. The zero-order valence-electron chi connectivity index (χ0n) is 10.5. The second-order valence-electron chi connectivity index (χ2n) is 3.97. The molecule has 0 radical (unpaired) electrons. The predicted molar refractivity (Wildman–Crippen MR) is 79.0 cm³/mol. The molecule has 0 fully saturated rings. The topological polar surface area (TPSA) is 74.2 Å². The van der Waals surface area contributed by atoms with Gasteiger partial charge in [-0.25, -0.2) is 0 Å². The van der Waals surface area contributed by atoms with Gasteiger partial charge in [0.15, 0.2) is 0 Å². The molecule has 0 spiro atoms. The number of anilines is 1. The zero-order chi connectivity index (χ0) is 14.1. The number of halogens is 1. The van der Waals surface area contributed by atoms with Crippen molar-refractivity contribution in [3.8, 4) is 27.9 Å². The largest absolute Gasteiger partial charge is 0.496 e. The average molecular weight is 308 g/mol. The molecule has 0 bridgehead atoms. The number of aromatic nitrogens is 2.